The van der Waals surface area contributed by atoms with E-state index in [1.807, 2.05) is 0 Å². The van der Waals surface area contributed by atoms with Gasteiger partial charge in [-0.1, -0.05) is 0 Å². The fraction of sp³-hybridized carbons (Fsp3) is 0.167. The van der Waals surface area contributed by atoms with Gasteiger partial charge in [0.1, 0.15) is 12.0 Å². The van der Waals surface area contributed by atoms with E-state index in [0.717, 1.165) is 12.3 Å². The van der Waals surface area contributed by atoms with E-state index in [4.69, 9.17) is 13.6 Å². The number of ether oxygens (including phenoxy) is 1. The maximum Gasteiger partial charge on any atom is 0.287 e. The van der Waals surface area contributed by atoms with Crippen LogP contribution in [0.25, 0.3) is 0 Å². The molecule has 1 amide bonds. The van der Waals surface area contributed by atoms with E-state index in [0.29, 0.717) is 5.76 Å². The minimum Gasteiger partial charge on any atom is -0.490 e. The minimum absolute atomic E-state index is 0.0533. The largest absolute Gasteiger partial charge is 0.490 e. The Hall–Kier alpha value is -2.50. The monoisotopic (exact) mass is 249 g/mol. The van der Waals surface area contributed by atoms with Gasteiger partial charge in [-0.05, 0) is 12.1 Å². The molecule has 0 spiro atoms. The molecule has 0 saturated carbocycles. The third-order valence-corrected chi connectivity index (χ3v) is 2.24. The molecule has 2 heterocycles. The first-order valence-electron chi connectivity index (χ1n) is 5.18. The average molecular weight is 249 g/mol. The van der Waals surface area contributed by atoms with Crippen molar-refractivity contribution in [3.05, 3.63) is 52.5 Å². The molecule has 2 rings (SSSR count). The molecule has 0 bridgehead atoms. The second-order valence-corrected chi connectivity index (χ2v) is 3.44. The number of methoxy groups -OCH3 is 1. The molecule has 6 nitrogen and oxygen atoms in total. The molecule has 0 aliphatic heterocycles. The third-order valence-electron chi connectivity index (χ3n) is 2.24. The third kappa shape index (κ3) is 2.60. The van der Waals surface area contributed by atoms with E-state index in [2.05, 4.69) is 5.32 Å². The van der Waals surface area contributed by atoms with Crippen LogP contribution >= 0.6 is 0 Å². The van der Waals surface area contributed by atoms with Crippen LogP contribution in [0, 0.1) is 0 Å². The van der Waals surface area contributed by atoms with Crippen molar-refractivity contribution in [2.24, 2.45) is 0 Å². The molecule has 6 heteroatoms. The second kappa shape index (κ2) is 5.22. The van der Waals surface area contributed by atoms with Gasteiger partial charge in [0.05, 0.1) is 19.9 Å². The van der Waals surface area contributed by atoms with Crippen LogP contribution in [0.4, 0.5) is 0 Å². The van der Waals surface area contributed by atoms with Gasteiger partial charge in [0, 0.05) is 6.07 Å². The minimum atomic E-state index is -0.494. The predicted octanol–water partition coefficient (Wildman–Crippen LogP) is 1.17. The van der Waals surface area contributed by atoms with Crippen LogP contribution in [0.15, 0.2) is 44.4 Å². The maximum absolute atomic E-state index is 11.7. The lowest BCUT2D eigenvalue weighted by atomic mass is 10.3. The molecule has 18 heavy (non-hydrogen) atoms. The van der Waals surface area contributed by atoms with Crippen molar-refractivity contribution in [1.82, 2.24) is 5.32 Å². The Morgan fingerprint density at radius 3 is 2.89 bits per heavy atom. The van der Waals surface area contributed by atoms with Crippen molar-refractivity contribution in [1.29, 1.82) is 0 Å². The predicted molar refractivity (Wildman–Crippen MR) is 61.4 cm³/mol. The van der Waals surface area contributed by atoms with Gasteiger partial charge in [0.15, 0.2) is 5.76 Å². The average Bonchev–Trinajstić information content (AvgIpc) is 2.89. The number of carbonyl (C=O) groups is 1. The first kappa shape index (κ1) is 12.0. The molecule has 0 unspecified atom stereocenters. The zero-order valence-electron chi connectivity index (χ0n) is 9.64. The van der Waals surface area contributed by atoms with Gasteiger partial charge in [0.2, 0.25) is 11.2 Å². The van der Waals surface area contributed by atoms with Gasteiger partial charge >= 0.3 is 0 Å². The Labute approximate surface area is 102 Å². The van der Waals surface area contributed by atoms with Crippen molar-refractivity contribution in [2.45, 2.75) is 6.54 Å². The summed E-state index contributed by atoms with van der Waals surface area (Å²) in [6.07, 6.45) is 2.61. The first-order valence-corrected chi connectivity index (χ1v) is 5.18. The van der Waals surface area contributed by atoms with Gasteiger partial charge in [0.25, 0.3) is 5.91 Å². The molecule has 0 saturated heterocycles. The first-order chi connectivity index (χ1) is 8.70. The van der Waals surface area contributed by atoms with Gasteiger partial charge in [-0.15, -0.1) is 0 Å². The Morgan fingerprint density at radius 2 is 2.28 bits per heavy atom. The number of hydrogen-bond acceptors (Lipinski definition) is 5. The lowest BCUT2D eigenvalue weighted by molar-refractivity contribution is 0.0917. The summed E-state index contributed by atoms with van der Waals surface area (Å²) < 4.78 is 14.8. The highest BCUT2D eigenvalue weighted by molar-refractivity contribution is 5.91. The lowest BCUT2D eigenvalue weighted by Gasteiger charge is -2.03. The number of furan rings is 1. The highest BCUT2D eigenvalue weighted by Gasteiger charge is 2.11. The molecular weight excluding hydrogens is 238 g/mol. The van der Waals surface area contributed by atoms with Crippen LogP contribution in [0.2, 0.25) is 0 Å². The molecule has 0 atom stereocenters. The van der Waals surface area contributed by atoms with Gasteiger partial charge in [-0.3, -0.25) is 9.59 Å². The molecule has 2 aromatic rings. The van der Waals surface area contributed by atoms with E-state index in [9.17, 15) is 9.59 Å². The van der Waals surface area contributed by atoms with Gasteiger partial charge in [-0.2, -0.15) is 0 Å². The van der Waals surface area contributed by atoms with Crippen molar-refractivity contribution < 1.29 is 18.4 Å². The standard InChI is InChI=1S/C12H11NO5/c1-16-11-7-18-10(5-9(11)14)12(15)13-6-8-3-2-4-17-8/h2-5,7H,6H2,1H3,(H,13,15). The van der Waals surface area contributed by atoms with E-state index >= 15 is 0 Å². The fourth-order valence-corrected chi connectivity index (χ4v) is 1.33. The summed E-state index contributed by atoms with van der Waals surface area (Å²) in [6.45, 7) is 0.224. The van der Waals surface area contributed by atoms with Crippen molar-refractivity contribution in [3.8, 4) is 5.75 Å². The van der Waals surface area contributed by atoms with Crippen molar-refractivity contribution >= 4 is 5.91 Å². The molecule has 1 N–H and O–H groups in total. The summed E-state index contributed by atoms with van der Waals surface area (Å²) in [4.78, 5) is 23.1. The SMILES string of the molecule is COc1coc(C(=O)NCc2ccco2)cc1=O. The smallest absolute Gasteiger partial charge is 0.287 e. The van der Waals surface area contributed by atoms with Gasteiger partial charge in [-0.25, -0.2) is 0 Å². The van der Waals surface area contributed by atoms with Crippen LogP contribution in [0.5, 0.6) is 5.75 Å². The normalized spacial score (nSPS) is 10.1. The van der Waals surface area contributed by atoms with Crippen molar-refractivity contribution in [3.63, 3.8) is 0 Å². The maximum atomic E-state index is 11.7. The molecule has 94 valence electrons. The number of rotatable bonds is 4. The molecular formula is C12H11NO5. The van der Waals surface area contributed by atoms with E-state index < -0.39 is 11.3 Å². The summed E-state index contributed by atoms with van der Waals surface area (Å²) in [6, 6.07) is 4.52. The van der Waals surface area contributed by atoms with Crippen LogP contribution in [-0.4, -0.2) is 13.0 Å². The summed E-state index contributed by atoms with van der Waals surface area (Å²) in [5.41, 5.74) is -0.410. The number of nitrogens with one attached hydrogen (secondary N) is 1. The highest BCUT2D eigenvalue weighted by Crippen LogP contribution is 2.05. The second-order valence-electron chi connectivity index (χ2n) is 3.44. The topological polar surface area (TPSA) is 81.7 Å². The van der Waals surface area contributed by atoms with E-state index in [1.165, 1.54) is 13.4 Å². The van der Waals surface area contributed by atoms with Crippen LogP contribution in [-0.2, 0) is 6.54 Å². The molecule has 0 radical (unpaired) electrons. The Morgan fingerprint density at radius 1 is 1.44 bits per heavy atom. The number of hydrogen-bond donors (Lipinski definition) is 1. The van der Waals surface area contributed by atoms with Crippen LogP contribution in [0.1, 0.15) is 16.3 Å². The summed E-state index contributed by atoms with van der Waals surface area (Å²) in [7, 11) is 1.35. The quantitative estimate of drug-likeness (QED) is 0.879. The zero-order chi connectivity index (χ0) is 13.0. The van der Waals surface area contributed by atoms with E-state index in [1.54, 1.807) is 12.1 Å². The highest BCUT2D eigenvalue weighted by atomic mass is 16.5. The van der Waals surface area contributed by atoms with E-state index in [-0.39, 0.29) is 18.1 Å². The molecule has 0 aromatic carbocycles. The molecule has 0 aliphatic carbocycles. The molecule has 2 aromatic heterocycles. The Balaban J connectivity index is 2.05. The zero-order valence-corrected chi connectivity index (χ0v) is 9.64. The summed E-state index contributed by atoms with van der Waals surface area (Å²) in [5.74, 6) is 0.0929. The number of amides is 1. The summed E-state index contributed by atoms with van der Waals surface area (Å²) >= 11 is 0. The molecule has 0 aliphatic rings. The fourth-order valence-electron chi connectivity index (χ4n) is 1.33. The molecule has 0 fully saturated rings. The Bertz CT molecular complexity index is 585. The van der Waals surface area contributed by atoms with Crippen molar-refractivity contribution in [2.75, 3.05) is 7.11 Å². The van der Waals surface area contributed by atoms with Gasteiger partial charge < -0.3 is 18.9 Å². The number of carbonyl (C=O) groups excluding carboxylic acids is 1. The van der Waals surface area contributed by atoms with Crippen LogP contribution in [0.3, 0.4) is 0 Å². The summed E-state index contributed by atoms with van der Waals surface area (Å²) in [5, 5.41) is 2.56. The van der Waals surface area contributed by atoms with Crippen LogP contribution < -0.4 is 15.5 Å². The Kier molecular flexibility index (Phi) is 3.47. The lowest BCUT2D eigenvalue weighted by Crippen LogP contribution is -2.23.